The molecular formula is C11H13N. The highest BCUT2D eigenvalue weighted by Crippen LogP contribution is 2.18. The summed E-state index contributed by atoms with van der Waals surface area (Å²) < 4.78 is 0. The van der Waals surface area contributed by atoms with E-state index in [0.717, 1.165) is 11.3 Å². The highest BCUT2D eigenvalue weighted by atomic mass is 15.1. The molecule has 0 bridgehead atoms. The minimum atomic E-state index is 0.950. The minimum absolute atomic E-state index is 0.950. The standard InChI is InChI=1S/C11H13N/c1-5-10-7-6-9(2)8-11(10)12(3)4/h1,6-8H,2-4H3. The summed E-state index contributed by atoms with van der Waals surface area (Å²) in [5.74, 6) is 2.66. The number of aryl methyl sites for hydroxylation is 1. The van der Waals surface area contributed by atoms with Gasteiger partial charge < -0.3 is 4.90 Å². The molecule has 0 radical (unpaired) electrons. The molecule has 0 fully saturated rings. The van der Waals surface area contributed by atoms with E-state index in [1.165, 1.54) is 5.56 Å². The lowest BCUT2D eigenvalue weighted by atomic mass is 10.1. The minimum Gasteiger partial charge on any atom is -0.377 e. The van der Waals surface area contributed by atoms with Gasteiger partial charge in [0.15, 0.2) is 0 Å². The van der Waals surface area contributed by atoms with E-state index >= 15 is 0 Å². The second-order valence-corrected chi connectivity index (χ2v) is 3.06. The Morgan fingerprint density at radius 2 is 2.00 bits per heavy atom. The molecule has 62 valence electrons. The summed E-state index contributed by atoms with van der Waals surface area (Å²) in [6.45, 7) is 2.06. The molecule has 1 rings (SSSR count). The van der Waals surface area contributed by atoms with Crippen LogP contribution in [0.2, 0.25) is 0 Å². The van der Waals surface area contributed by atoms with Crippen molar-refractivity contribution in [2.75, 3.05) is 19.0 Å². The summed E-state index contributed by atoms with van der Waals surface area (Å²) in [5, 5.41) is 0. The maximum absolute atomic E-state index is 5.36. The Morgan fingerprint density at radius 1 is 1.33 bits per heavy atom. The number of rotatable bonds is 1. The van der Waals surface area contributed by atoms with Gasteiger partial charge in [0.1, 0.15) is 0 Å². The molecule has 0 atom stereocenters. The number of nitrogens with zero attached hydrogens (tertiary/aromatic N) is 1. The van der Waals surface area contributed by atoms with Crippen molar-refractivity contribution in [3.05, 3.63) is 29.3 Å². The lowest BCUT2D eigenvalue weighted by Crippen LogP contribution is -2.10. The van der Waals surface area contributed by atoms with Gasteiger partial charge in [-0.15, -0.1) is 6.42 Å². The predicted molar refractivity (Wildman–Crippen MR) is 53.4 cm³/mol. The third kappa shape index (κ3) is 1.60. The van der Waals surface area contributed by atoms with Crippen LogP contribution in [0.15, 0.2) is 18.2 Å². The molecule has 0 spiro atoms. The molecule has 0 aromatic heterocycles. The summed E-state index contributed by atoms with van der Waals surface area (Å²) in [6.07, 6.45) is 5.36. The normalized spacial score (nSPS) is 9.17. The quantitative estimate of drug-likeness (QED) is 0.567. The zero-order chi connectivity index (χ0) is 9.14. The Balaban J connectivity index is 3.24. The van der Waals surface area contributed by atoms with Crippen LogP contribution in [0.3, 0.4) is 0 Å². The van der Waals surface area contributed by atoms with Crippen molar-refractivity contribution >= 4 is 5.69 Å². The van der Waals surface area contributed by atoms with E-state index in [1.807, 2.05) is 31.1 Å². The van der Waals surface area contributed by atoms with Crippen LogP contribution in [0.4, 0.5) is 5.69 Å². The van der Waals surface area contributed by atoms with Crippen molar-refractivity contribution in [1.82, 2.24) is 0 Å². The molecule has 0 amide bonds. The lowest BCUT2D eigenvalue weighted by molar-refractivity contribution is 1.12. The van der Waals surface area contributed by atoms with Crippen LogP contribution < -0.4 is 4.90 Å². The second kappa shape index (κ2) is 3.32. The van der Waals surface area contributed by atoms with Gasteiger partial charge >= 0.3 is 0 Å². The van der Waals surface area contributed by atoms with Gasteiger partial charge in [-0.2, -0.15) is 0 Å². The Morgan fingerprint density at radius 3 is 2.50 bits per heavy atom. The van der Waals surface area contributed by atoms with Gasteiger partial charge in [-0.25, -0.2) is 0 Å². The van der Waals surface area contributed by atoms with Gasteiger partial charge in [0, 0.05) is 19.7 Å². The van der Waals surface area contributed by atoms with E-state index in [4.69, 9.17) is 6.42 Å². The van der Waals surface area contributed by atoms with Gasteiger partial charge in [-0.3, -0.25) is 0 Å². The highest BCUT2D eigenvalue weighted by molar-refractivity contribution is 5.60. The van der Waals surface area contributed by atoms with Crippen LogP contribution in [0.5, 0.6) is 0 Å². The molecule has 0 N–H and O–H groups in total. The van der Waals surface area contributed by atoms with E-state index in [1.54, 1.807) is 0 Å². The first kappa shape index (κ1) is 8.67. The largest absolute Gasteiger partial charge is 0.377 e. The summed E-state index contributed by atoms with van der Waals surface area (Å²) >= 11 is 0. The number of anilines is 1. The maximum atomic E-state index is 5.36. The maximum Gasteiger partial charge on any atom is 0.0522 e. The van der Waals surface area contributed by atoms with Crippen LogP contribution in [0.25, 0.3) is 0 Å². The number of benzene rings is 1. The fraction of sp³-hybridized carbons (Fsp3) is 0.273. The van der Waals surface area contributed by atoms with Gasteiger partial charge in [-0.05, 0) is 24.6 Å². The van der Waals surface area contributed by atoms with Gasteiger partial charge in [-0.1, -0.05) is 12.0 Å². The summed E-state index contributed by atoms with van der Waals surface area (Å²) in [4.78, 5) is 2.03. The van der Waals surface area contributed by atoms with E-state index in [2.05, 4.69) is 18.9 Å². The third-order valence-corrected chi connectivity index (χ3v) is 1.79. The van der Waals surface area contributed by atoms with E-state index in [0.29, 0.717) is 0 Å². The molecule has 0 saturated heterocycles. The molecule has 0 heterocycles. The van der Waals surface area contributed by atoms with E-state index < -0.39 is 0 Å². The van der Waals surface area contributed by atoms with E-state index in [-0.39, 0.29) is 0 Å². The zero-order valence-electron chi connectivity index (χ0n) is 7.76. The fourth-order valence-electron chi connectivity index (χ4n) is 1.13. The Hall–Kier alpha value is -1.42. The van der Waals surface area contributed by atoms with E-state index in [9.17, 15) is 0 Å². The summed E-state index contributed by atoms with van der Waals surface area (Å²) in [6, 6.07) is 6.10. The van der Waals surface area contributed by atoms with Crippen molar-refractivity contribution in [2.45, 2.75) is 6.92 Å². The second-order valence-electron chi connectivity index (χ2n) is 3.06. The number of terminal acetylenes is 1. The lowest BCUT2D eigenvalue weighted by Gasteiger charge is -2.15. The van der Waals surface area contributed by atoms with Crippen LogP contribution in [-0.2, 0) is 0 Å². The van der Waals surface area contributed by atoms with Crippen LogP contribution in [0, 0.1) is 19.3 Å². The molecule has 0 saturated carbocycles. The Kier molecular flexibility index (Phi) is 2.40. The zero-order valence-corrected chi connectivity index (χ0v) is 7.76. The number of hydrogen-bond donors (Lipinski definition) is 0. The highest BCUT2D eigenvalue weighted by Gasteiger charge is 2.00. The topological polar surface area (TPSA) is 3.24 Å². The average Bonchev–Trinajstić information content (AvgIpc) is 2.04. The first-order chi connectivity index (χ1) is 5.65. The summed E-state index contributed by atoms with van der Waals surface area (Å²) in [5.41, 5.74) is 3.29. The van der Waals surface area contributed by atoms with Crippen LogP contribution in [0.1, 0.15) is 11.1 Å². The molecule has 0 aliphatic carbocycles. The van der Waals surface area contributed by atoms with Crippen LogP contribution >= 0.6 is 0 Å². The monoisotopic (exact) mass is 159 g/mol. The van der Waals surface area contributed by atoms with Gasteiger partial charge in [0.25, 0.3) is 0 Å². The molecule has 12 heavy (non-hydrogen) atoms. The fourth-order valence-corrected chi connectivity index (χ4v) is 1.13. The smallest absolute Gasteiger partial charge is 0.0522 e. The third-order valence-electron chi connectivity index (χ3n) is 1.79. The SMILES string of the molecule is C#Cc1ccc(C)cc1N(C)C. The van der Waals surface area contributed by atoms with Crippen molar-refractivity contribution in [3.63, 3.8) is 0 Å². The first-order valence-corrected chi connectivity index (χ1v) is 3.89. The van der Waals surface area contributed by atoms with Crippen molar-refractivity contribution in [2.24, 2.45) is 0 Å². The van der Waals surface area contributed by atoms with Crippen molar-refractivity contribution in [3.8, 4) is 12.3 Å². The first-order valence-electron chi connectivity index (χ1n) is 3.89. The molecule has 0 unspecified atom stereocenters. The molecular weight excluding hydrogens is 146 g/mol. The molecule has 0 aliphatic rings. The predicted octanol–water partition coefficient (Wildman–Crippen LogP) is 2.04. The Bertz CT molecular complexity index is 318. The molecule has 0 aliphatic heterocycles. The van der Waals surface area contributed by atoms with Crippen molar-refractivity contribution in [1.29, 1.82) is 0 Å². The van der Waals surface area contributed by atoms with Gasteiger partial charge in [0.05, 0.1) is 5.69 Å². The summed E-state index contributed by atoms with van der Waals surface area (Å²) in [7, 11) is 3.99. The molecule has 1 nitrogen and oxygen atoms in total. The molecule has 1 aromatic carbocycles. The molecule has 1 heteroatoms. The van der Waals surface area contributed by atoms with Gasteiger partial charge in [0.2, 0.25) is 0 Å². The van der Waals surface area contributed by atoms with Crippen molar-refractivity contribution < 1.29 is 0 Å². The average molecular weight is 159 g/mol. The molecule has 1 aromatic rings. The van der Waals surface area contributed by atoms with Crippen LogP contribution in [-0.4, -0.2) is 14.1 Å². The number of hydrogen-bond acceptors (Lipinski definition) is 1. The Labute approximate surface area is 74.0 Å².